The van der Waals surface area contributed by atoms with Gasteiger partial charge in [-0.15, -0.1) is 0 Å². The molecule has 6 heteroatoms. The van der Waals surface area contributed by atoms with E-state index in [1.165, 1.54) is 0 Å². The third kappa shape index (κ3) is 3.87. The maximum Gasteiger partial charge on any atom is 0.407 e. The molecule has 1 unspecified atom stereocenters. The summed E-state index contributed by atoms with van der Waals surface area (Å²) in [6.07, 6.45) is 0.826. The van der Waals surface area contributed by atoms with E-state index in [2.05, 4.69) is 22.2 Å². The molecule has 2 aromatic rings. The van der Waals surface area contributed by atoms with Gasteiger partial charge in [0.2, 0.25) is 0 Å². The van der Waals surface area contributed by atoms with E-state index in [0.29, 0.717) is 6.42 Å². The van der Waals surface area contributed by atoms with Gasteiger partial charge in [0.1, 0.15) is 12.6 Å². The fraction of sp³-hybridized carbons (Fsp3) is 0.318. The SMILES string of the molecule is CCC(C)[C@H](NC(=O)OCC1c2ccccc2-c2ccccc21)C(=O)C=[N+]=[N-]. The number of nitrogens with zero attached hydrogens (tertiary/aromatic N) is 2. The number of ether oxygens (including phenoxy) is 1. The Bertz CT molecular complexity index is 889. The number of hydrogen-bond donors (Lipinski definition) is 1. The molecule has 28 heavy (non-hydrogen) atoms. The maximum atomic E-state index is 12.4. The van der Waals surface area contributed by atoms with E-state index in [0.717, 1.165) is 28.5 Å². The van der Waals surface area contributed by atoms with Gasteiger partial charge in [-0.2, -0.15) is 4.79 Å². The first kappa shape index (κ1) is 19.5. The average molecular weight is 377 g/mol. The summed E-state index contributed by atoms with van der Waals surface area (Å²) in [5, 5.41) is 2.61. The normalized spacial score (nSPS) is 14.2. The van der Waals surface area contributed by atoms with E-state index < -0.39 is 17.9 Å². The highest BCUT2D eigenvalue weighted by Crippen LogP contribution is 2.44. The summed E-state index contributed by atoms with van der Waals surface area (Å²) in [5.74, 6) is -0.633. The summed E-state index contributed by atoms with van der Waals surface area (Å²) in [7, 11) is 0. The molecule has 0 saturated carbocycles. The van der Waals surface area contributed by atoms with Crippen molar-refractivity contribution < 1.29 is 19.1 Å². The molecule has 2 atom stereocenters. The van der Waals surface area contributed by atoms with Crippen LogP contribution in [-0.4, -0.2) is 35.5 Å². The van der Waals surface area contributed by atoms with Crippen LogP contribution in [0.3, 0.4) is 0 Å². The monoisotopic (exact) mass is 377 g/mol. The second kappa shape index (κ2) is 8.63. The summed E-state index contributed by atoms with van der Waals surface area (Å²) in [6, 6.07) is 15.4. The van der Waals surface area contributed by atoms with Crippen molar-refractivity contribution >= 4 is 18.1 Å². The zero-order valence-electron chi connectivity index (χ0n) is 16.0. The third-order valence-corrected chi connectivity index (χ3v) is 5.32. The van der Waals surface area contributed by atoms with E-state index in [-0.39, 0.29) is 18.4 Å². The Balaban J connectivity index is 1.72. The van der Waals surface area contributed by atoms with Crippen molar-refractivity contribution in [2.45, 2.75) is 32.2 Å². The largest absolute Gasteiger partial charge is 0.449 e. The number of benzene rings is 2. The predicted octanol–water partition coefficient (Wildman–Crippen LogP) is 3.81. The lowest BCUT2D eigenvalue weighted by atomic mass is 9.96. The Morgan fingerprint density at radius 1 is 1.14 bits per heavy atom. The fourth-order valence-electron chi connectivity index (χ4n) is 3.63. The second-order valence-electron chi connectivity index (χ2n) is 6.98. The highest BCUT2D eigenvalue weighted by Gasteiger charge is 2.31. The smallest absolute Gasteiger partial charge is 0.407 e. The molecule has 3 rings (SSSR count). The van der Waals surface area contributed by atoms with Crippen LogP contribution in [0.4, 0.5) is 4.79 Å². The number of rotatable bonds is 7. The zero-order chi connectivity index (χ0) is 20.1. The minimum absolute atomic E-state index is 0.0464. The fourth-order valence-corrected chi connectivity index (χ4v) is 3.63. The van der Waals surface area contributed by atoms with Crippen molar-refractivity contribution in [1.29, 1.82) is 0 Å². The van der Waals surface area contributed by atoms with Gasteiger partial charge in [-0.3, -0.25) is 4.79 Å². The number of ketones is 1. The van der Waals surface area contributed by atoms with Gasteiger partial charge in [-0.1, -0.05) is 68.8 Å². The van der Waals surface area contributed by atoms with Crippen LogP contribution in [0.15, 0.2) is 48.5 Å². The summed E-state index contributed by atoms with van der Waals surface area (Å²) >= 11 is 0. The second-order valence-corrected chi connectivity index (χ2v) is 6.98. The summed E-state index contributed by atoms with van der Waals surface area (Å²) < 4.78 is 5.48. The quantitative estimate of drug-likeness (QED) is 0.452. The average Bonchev–Trinajstić information content (AvgIpc) is 3.04. The molecule has 0 bridgehead atoms. The minimum atomic E-state index is -0.795. The summed E-state index contributed by atoms with van der Waals surface area (Å²) in [5.41, 5.74) is 13.2. The van der Waals surface area contributed by atoms with Crippen molar-refractivity contribution in [3.63, 3.8) is 0 Å². The van der Waals surface area contributed by atoms with E-state index in [1.54, 1.807) is 0 Å². The highest BCUT2D eigenvalue weighted by molar-refractivity contribution is 6.28. The van der Waals surface area contributed by atoms with Crippen LogP contribution in [0, 0.1) is 5.92 Å². The molecule has 1 aliphatic carbocycles. The summed E-state index contributed by atoms with van der Waals surface area (Å²) in [4.78, 5) is 27.2. The number of Topliss-reactive ketones (excluding diaryl/α,β-unsaturated/α-hetero) is 1. The van der Waals surface area contributed by atoms with Crippen LogP contribution in [-0.2, 0) is 9.53 Å². The molecule has 0 radical (unpaired) electrons. The molecule has 1 aliphatic rings. The molecule has 0 aliphatic heterocycles. The van der Waals surface area contributed by atoms with Crippen LogP contribution in [0.2, 0.25) is 0 Å². The Kier molecular flexibility index (Phi) is 6.02. The molecule has 6 nitrogen and oxygen atoms in total. The van der Waals surface area contributed by atoms with Gasteiger partial charge >= 0.3 is 12.3 Å². The zero-order valence-corrected chi connectivity index (χ0v) is 16.0. The number of hydrogen-bond acceptors (Lipinski definition) is 3. The molecule has 0 saturated heterocycles. The van der Waals surface area contributed by atoms with Crippen LogP contribution in [0.1, 0.15) is 37.3 Å². The van der Waals surface area contributed by atoms with Gasteiger partial charge in [0.05, 0.1) is 0 Å². The lowest BCUT2D eigenvalue weighted by Crippen LogP contribution is -2.46. The molecule has 0 heterocycles. The van der Waals surface area contributed by atoms with Crippen molar-refractivity contribution in [3.8, 4) is 11.1 Å². The Labute approximate surface area is 164 Å². The van der Waals surface area contributed by atoms with E-state index in [4.69, 9.17) is 10.3 Å². The van der Waals surface area contributed by atoms with Gasteiger partial charge in [-0.05, 0) is 28.2 Å². The Hall–Kier alpha value is -3.24. The number of carbonyl (C=O) groups is 2. The van der Waals surface area contributed by atoms with E-state index in [9.17, 15) is 9.59 Å². The molecule has 1 N–H and O–H groups in total. The molecule has 0 fully saturated rings. The highest BCUT2D eigenvalue weighted by atomic mass is 16.5. The number of amides is 1. The molecule has 1 amide bonds. The molecular formula is C22H23N3O3. The Morgan fingerprint density at radius 2 is 1.71 bits per heavy atom. The van der Waals surface area contributed by atoms with Gasteiger partial charge in [0, 0.05) is 5.92 Å². The predicted molar refractivity (Wildman–Crippen MR) is 106 cm³/mol. The van der Waals surface area contributed by atoms with Crippen molar-refractivity contribution in [2.75, 3.05) is 6.61 Å². The maximum absolute atomic E-state index is 12.4. The van der Waals surface area contributed by atoms with Gasteiger partial charge in [0.15, 0.2) is 0 Å². The Morgan fingerprint density at radius 3 is 2.25 bits per heavy atom. The van der Waals surface area contributed by atoms with Crippen molar-refractivity contribution in [3.05, 3.63) is 65.2 Å². The van der Waals surface area contributed by atoms with Gasteiger partial charge < -0.3 is 15.6 Å². The van der Waals surface area contributed by atoms with Crippen LogP contribution in [0.5, 0.6) is 0 Å². The van der Waals surface area contributed by atoms with Crippen molar-refractivity contribution in [1.82, 2.24) is 5.32 Å². The number of nitrogens with one attached hydrogen (secondary N) is 1. The minimum Gasteiger partial charge on any atom is -0.449 e. The van der Waals surface area contributed by atoms with Gasteiger partial charge in [0.25, 0.3) is 5.78 Å². The third-order valence-electron chi connectivity index (χ3n) is 5.32. The molecule has 144 valence electrons. The first-order valence-electron chi connectivity index (χ1n) is 9.39. The number of fused-ring (bicyclic) bond motifs is 3. The lowest BCUT2D eigenvalue weighted by Gasteiger charge is -2.21. The van der Waals surface area contributed by atoms with Crippen molar-refractivity contribution in [2.24, 2.45) is 5.92 Å². The number of carbonyl (C=O) groups excluding carboxylic acids is 2. The topological polar surface area (TPSA) is 91.8 Å². The first-order chi connectivity index (χ1) is 13.6. The number of alkyl carbamates (subject to hydrolysis) is 1. The van der Waals surface area contributed by atoms with Crippen LogP contribution in [0.25, 0.3) is 16.7 Å². The lowest BCUT2D eigenvalue weighted by molar-refractivity contribution is -0.118. The molecule has 2 aromatic carbocycles. The van der Waals surface area contributed by atoms with E-state index >= 15 is 0 Å². The summed E-state index contributed by atoms with van der Waals surface area (Å²) in [6.45, 7) is 3.94. The van der Waals surface area contributed by atoms with E-state index in [1.807, 2.05) is 50.2 Å². The molecular weight excluding hydrogens is 354 g/mol. The van der Waals surface area contributed by atoms with Crippen LogP contribution < -0.4 is 5.32 Å². The molecule has 0 spiro atoms. The standard InChI is InChI=1S/C22H23N3O3/c1-3-14(2)21(20(26)12-24-23)25-22(27)28-13-19-17-10-6-4-8-15(17)16-9-5-7-11-18(16)19/h4-12,14,19,21H,3,13H2,1-2H3,(H,25,27)/t14?,21-/m0/s1. The molecule has 0 aromatic heterocycles. The first-order valence-corrected chi connectivity index (χ1v) is 9.39. The van der Waals surface area contributed by atoms with Crippen LogP contribution >= 0.6 is 0 Å². The van der Waals surface area contributed by atoms with Gasteiger partial charge in [-0.25, -0.2) is 4.79 Å².